The topological polar surface area (TPSA) is 43.8 Å². The maximum atomic E-state index is 13.7. The minimum Gasteiger partial charge on any atom is -0.389 e. The highest BCUT2D eigenvalue weighted by Crippen LogP contribution is 2.28. The highest BCUT2D eigenvalue weighted by Gasteiger charge is 2.18. The van der Waals surface area contributed by atoms with Crippen LogP contribution < -0.4 is 4.90 Å². The fraction of sp³-hybridized carbons (Fsp3) is 0.562. The van der Waals surface area contributed by atoms with Crippen molar-refractivity contribution in [1.29, 1.82) is 0 Å². The highest BCUT2D eigenvalue weighted by atomic mass is 19.1. The Morgan fingerprint density at radius 2 is 1.90 bits per heavy atom. The van der Waals surface area contributed by atoms with E-state index in [-0.39, 0.29) is 18.3 Å². The Labute approximate surface area is 126 Å². The zero-order chi connectivity index (χ0) is 16.2. The number of carbonyl (C=O) groups is 1. The van der Waals surface area contributed by atoms with Crippen LogP contribution in [0.15, 0.2) is 12.1 Å². The van der Waals surface area contributed by atoms with Gasteiger partial charge in [-0.15, -0.1) is 0 Å². The van der Waals surface area contributed by atoms with Gasteiger partial charge in [-0.2, -0.15) is 0 Å². The Balaban J connectivity index is 3.04. The summed E-state index contributed by atoms with van der Waals surface area (Å²) in [5.74, 6) is -0.334. The second-order valence-corrected chi connectivity index (χ2v) is 5.26. The molecule has 0 bridgehead atoms. The third kappa shape index (κ3) is 4.17. The van der Waals surface area contributed by atoms with E-state index in [4.69, 9.17) is 0 Å². The Bertz CT molecular complexity index is 499. The van der Waals surface area contributed by atoms with Crippen molar-refractivity contribution in [3.63, 3.8) is 0 Å². The first kappa shape index (κ1) is 17.4. The van der Waals surface area contributed by atoms with Crippen LogP contribution in [0.2, 0.25) is 0 Å². The van der Waals surface area contributed by atoms with Gasteiger partial charge in [0.2, 0.25) is 5.91 Å². The Kier molecular flexibility index (Phi) is 6.15. The molecule has 1 amide bonds. The average Bonchev–Trinajstić information content (AvgIpc) is 2.42. The van der Waals surface area contributed by atoms with Gasteiger partial charge in [0.25, 0.3) is 0 Å². The molecular formula is C16H25FN2O2. The first-order chi connectivity index (χ1) is 9.81. The number of hydrogen-bond acceptors (Lipinski definition) is 3. The van der Waals surface area contributed by atoms with Crippen molar-refractivity contribution in [1.82, 2.24) is 4.90 Å². The highest BCUT2D eigenvalue weighted by molar-refractivity contribution is 5.81. The van der Waals surface area contributed by atoms with Gasteiger partial charge < -0.3 is 14.9 Å². The van der Waals surface area contributed by atoms with Gasteiger partial charge >= 0.3 is 0 Å². The van der Waals surface area contributed by atoms with E-state index in [2.05, 4.69) is 0 Å². The van der Waals surface area contributed by atoms with E-state index < -0.39 is 6.10 Å². The lowest BCUT2D eigenvalue weighted by molar-refractivity contribution is -0.129. The third-order valence-electron chi connectivity index (χ3n) is 3.66. The van der Waals surface area contributed by atoms with Gasteiger partial charge in [0.05, 0.1) is 12.6 Å². The quantitative estimate of drug-likeness (QED) is 0.877. The lowest BCUT2D eigenvalue weighted by Gasteiger charge is -2.27. The normalized spacial score (nSPS) is 12.1. The van der Waals surface area contributed by atoms with Gasteiger partial charge in [0.15, 0.2) is 0 Å². The Morgan fingerprint density at radius 3 is 2.38 bits per heavy atom. The van der Waals surface area contributed by atoms with Crippen molar-refractivity contribution in [3.8, 4) is 0 Å². The summed E-state index contributed by atoms with van der Waals surface area (Å²) in [6.45, 7) is 8.66. The van der Waals surface area contributed by atoms with Crippen molar-refractivity contribution in [3.05, 3.63) is 29.1 Å². The number of rotatable bonds is 6. The van der Waals surface area contributed by atoms with Crippen LogP contribution in [0.25, 0.3) is 0 Å². The van der Waals surface area contributed by atoms with E-state index in [0.29, 0.717) is 29.9 Å². The van der Waals surface area contributed by atoms with Crippen LogP contribution in [-0.2, 0) is 4.79 Å². The number of nitrogens with zero attached hydrogens (tertiary/aromatic N) is 2. The molecule has 0 fully saturated rings. The Hall–Kier alpha value is -1.62. The minimum atomic E-state index is -0.791. The number of amides is 1. The number of aliphatic hydroxyl groups is 1. The fourth-order valence-electron chi connectivity index (χ4n) is 2.31. The molecule has 0 saturated carbocycles. The van der Waals surface area contributed by atoms with E-state index >= 15 is 0 Å². The van der Waals surface area contributed by atoms with Crippen molar-refractivity contribution in [2.45, 2.75) is 33.8 Å². The summed E-state index contributed by atoms with van der Waals surface area (Å²) < 4.78 is 13.7. The molecule has 21 heavy (non-hydrogen) atoms. The molecule has 1 aromatic rings. The zero-order valence-electron chi connectivity index (χ0n) is 13.5. The molecule has 0 spiro atoms. The number of likely N-dealkylation sites (N-methyl/N-ethyl adjacent to an activating group) is 2. The predicted octanol–water partition coefficient (Wildman–Crippen LogP) is 2.49. The van der Waals surface area contributed by atoms with Gasteiger partial charge in [-0.1, -0.05) is 0 Å². The van der Waals surface area contributed by atoms with E-state index in [1.165, 1.54) is 6.07 Å². The molecule has 1 N–H and O–H groups in total. The SMILES string of the molecule is CCN(CC)C(=O)CN(C)c1cc(C)c(F)cc1C(C)O. The molecule has 1 aromatic carbocycles. The lowest BCUT2D eigenvalue weighted by Crippen LogP contribution is -2.39. The summed E-state index contributed by atoms with van der Waals surface area (Å²) >= 11 is 0. The molecule has 0 aliphatic heterocycles. The standard InChI is InChI=1S/C16H25FN2O2/c1-6-19(7-2)16(21)10-18(5)15-8-11(3)14(17)9-13(15)12(4)20/h8-9,12,20H,6-7,10H2,1-5H3. The van der Waals surface area contributed by atoms with Crippen molar-refractivity contribution in [2.75, 3.05) is 31.6 Å². The zero-order valence-corrected chi connectivity index (χ0v) is 13.5. The van der Waals surface area contributed by atoms with Crippen LogP contribution in [0, 0.1) is 12.7 Å². The molecule has 4 nitrogen and oxygen atoms in total. The molecule has 1 rings (SSSR count). The van der Waals surface area contributed by atoms with Crippen LogP contribution in [0.5, 0.6) is 0 Å². The van der Waals surface area contributed by atoms with Gasteiger partial charge in [-0.25, -0.2) is 4.39 Å². The third-order valence-corrected chi connectivity index (χ3v) is 3.66. The molecule has 118 valence electrons. The number of aryl methyl sites for hydroxylation is 1. The summed E-state index contributed by atoms with van der Waals surface area (Å²) in [5.41, 5.74) is 1.67. The van der Waals surface area contributed by atoms with Crippen LogP contribution in [0.3, 0.4) is 0 Å². The van der Waals surface area contributed by atoms with E-state index in [1.54, 1.807) is 36.8 Å². The summed E-state index contributed by atoms with van der Waals surface area (Å²) in [6.07, 6.45) is -0.791. The maximum Gasteiger partial charge on any atom is 0.242 e. The number of aliphatic hydroxyl groups excluding tert-OH is 1. The van der Waals surface area contributed by atoms with Crippen LogP contribution in [0.1, 0.15) is 38.0 Å². The number of anilines is 1. The molecule has 0 saturated heterocycles. The second-order valence-electron chi connectivity index (χ2n) is 5.26. The molecule has 0 radical (unpaired) electrons. The number of carbonyl (C=O) groups excluding carboxylic acids is 1. The van der Waals surface area contributed by atoms with Crippen molar-refractivity contribution >= 4 is 11.6 Å². The van der Waals surface area contributed by atoms with Gasteiger partial charge in [0.1, 0.15) is 5.82 Å². The number of hydrogen-bond donors (Lipinski definition) is 1. The van der Waals surface area contributed by atoms with Gasteiger partial charge in [-0.05, 0) is 45.4 Å². The van der Waals surface area contributed by atoms with Crippen LogP contribution in [0.4, 0.5) is 10.1 Å². The monoisotopic (exact) mass is 296 g/mol. The molecule has 0 aliphatic carbocycles. The summed E-state index contributed by atoms with van der Waals surface area (Å²) in [7, 11) is 1.78. The summed E-state index contributed by atoms with van der Waals surface area (Å²) in [6, 6.07) is 3.01. The van der Waals surface area contributed by atoms with Gasteiger partial charge in [0, 0.05) is 31.4 Å². The van der Waals surface area contributed by atoms with E-state index in [9.17, 15) is 14.3 Å². The maximum absolute atomic E-state index is 13.7. The average molecular weight is 296 g/mol. The van der Waals surface area contributed by atoms with Crippen molar-refractivity contribution in [2.24, 2.45) is 0 Å². The van der Waals surface area contributed by atoms with E-state index in [1.807, 2.05) is 13.8 Å². The smallest absolute Gasteiger partial charge is 0.242 e. The Morgan fingerprint density at radius 1 is 1.33 bits per heavy atom. The first-order valence-corrected chi connectivity index (χ1v) is 7.28. The van der Waals surface area contributed by atoms with Crippen molar-refractivity contribution < 1.29 is 14.3 Å². The summed E-state index contributed by atoms with van der Waals surface area (Å²) in [5, 5.41) is 9.82. The minimum absolute atomic E-state index is 0.0148. The second kappa shape index (κ2) is 7.41. The van der Waals surface area contributed by atoms with Crippen LogP contribution >= 0.6 is 0 Å². The number of halogens is 1. The molecule has 0 heterocycles. The molecular weight excluding hydrogens is 271 g/mol. The molecule has 1 atom stereocenters. The van der Waals surface area contributed by atoms with Crippen LogP contribution in [-0.4, -0.2) is 42.6 Å². The molecule has 1 unspecified atom stereocenters. The summed E-state index contributed by atoms with van der Waals surface area (Å²) in [4.78, 5) is 15.7. The lowest BCUT2D eigenvalue weighted by atomic mass is 10.0. The first-order valence-electron chi connectivity index (χ1n) is 7.28. The van der Waals surface area contributed by atoms with Gasteiger partial charge in [-0.3, -0.25) is 4.79 Å². The molecule has 5 heteroatoms. The molecule has 0 aromatic heterocycles. The largest absolute Gasteiger partial charge is 0.389 e. The number of benzene rings is 1. The van der Waals surface area contributed by atoms with E-state index in [0.717, 1.165) is 0 Å². The predicted molar refractivity (Wildman–Crippen MR) is 83.0 cm³/mol. The molecule has 0 aliphatic rings. The fourth-order valence-corrected chi connectivity index (χ4v) is 2.31.